The van der Waals surface area contributed by atoms with E-state index in [2.05, 4.69) is 66.2 Å². The van der Waals surface area contributed by atoms with Gasteiger partial charge in [0.15, 0.2) is 6.67 Å². The van der Waals surface area contributed by atoms with Crippen LogP contribution in [0.4, 0.5) is 0 Å². The number of hydrogen-bond acceptors (Lipinski definition) is 2. The lowest BCUT2D eigenvalue weighted by atomic mass is 10.2. The summed E-state index contributed by atoms with van der Waals surface area (Å²) in [5.74, 6) is 1.67. The van der Waals surface area contributed by atoms with Crippen LogP contribution in [0, 0.1) is 4.77 Å². The van der Waals surface area contributed by atoms with E-state index in [9.17, 15) is 0 Å². The first-order chi connectivity index (χ1) is 12.2. The fourth-order valence-corrected chi connectivity index (χ4v) is 3.51. The molecule has 3 aromatic rings. The fourth-order valence-electron chi connectivity index (χ4n) is 3.21. The summed E-state index contributed by atoms with van der Waals surface area (Å²) in [6.45, 7) is 1.73. The minimum absolute atomic E-state index is 0.553. The molecule has 1 heterocycles. The van der Waals surface area contributed by atoms with Gasteiger partial charge in [0.25, 0.3) is 0 Å². The lowest BCUT2D eigenvalue weighted by Crippen LogP contribution is -3.07. The smallest absolute Gasteiger partial charge is 0.207 e. The van der Waals surface area contributed by atoms with Gasteiger partial charge in [-0.2, -0.15) is 9.78 Å². The van der Waals surface area contributed by atoms with Gasteiger partial charge in [0, 0.05) is 17.2 Å². The molecule has 1 unspecified atom stereocenters. The Kier molecular flexibility index (Phi) is 4.51. The Morgan fingerprint density at radius 2 is 1.68 bits per heavy atom. The van der Waals surface area contributed by atoms with Crippen LogP contribution >= 0.6 is 12.2 Å². The summed E-state index contributed by atoms with van der Waals surface area (Å²) in [7, 11) is 2.19. The number of nitrogens with one attached hydrogen (secondary N) is 1. The number of hydrogen-bond donors (Lipinski definition) is 1. The monoisotopic (exact) mass is 351 g/mol. The molecule has 128 valence electrons. The van der Waals surface area contributed by atoms with Crippen molar-refractivity contribution in [3.8, 4) is 5.69 Å². The number of rotatable bonds is 6. The van der Waals surface area contributed by atoms with Gasteiger partial charge in [0.1, 0.15) is 12.4 Å². The van der Waals surface area contributed by atoms with E-state index >= 15 is 0 Å². The molecular weight excluding hydrogens is 328 g/mol. The summed E-state index contributed by atoms with van der Waals surface area (Å²) in [4.78, 5) is 1.36. The summed E-state index contributed by atoms with van der Waals surface area (Å²) < 4.78 is 4.94. The molecule has 0 bridgehead atoms. The van der Waals surface area contributed by atoms with Gasteiger partial charge in [0.2, 0.25) is 4.77 Å². The van der Waals surface area contributed by atoms with Gasteiger partial charge >= 0.3 is 0 Å². The first-order valence-corrected chi connectivity index (χ1v) is 9.23. The molecule has 4 rings (SSSR count). The Bertz CT molecular complexity index is 894. The van der Waals surface area contributed by atoms with Gasteiger partial charge in [-0.15, -0.1) is 0 Å². The van der Waals surface area contributed by atoms with Crippen LogP contribution in [0.1, 0.15) is 30.1 Å². The molecule has 0 saturated heterocycles. The van der Waals surface area contributed by atoms with Crippen LogP contribution in [0.25, 0.3) is 5.69 Å². The van der Waals surface area contributed by atoms with Crippen molar-refractivity contribution >= 4 is 12.2 Å². The van der Waals surface area contributed by atoms with Gasteiger partial charge < -0.3 is 4.90 Å². The zero-order chi connectivity index (χ0) is 17.2. The SMILES string of the molecule is C[NH+](Cc1ccccc1)Cn1nc(C2CC2)n(-c2ccccc2)c1=S. The number of para-hydroxylation sites is 1. The topological polar surface area (TPSA) is 27.2 Å². The summed E-state index contributed by atoms with van der Waals surface area (Å²) in [6.07, 6.45) is 2.43. The van der Waals surface area contributed by atoms with Crippen molar-refractivity contribution in [3.63, 3.8) is 0 Å². The third-order valence-electron chi connectivity index (χ3n) is 4.59. The molecule has 4 nitrogen and oxygen atoms in total. The summed E-state index contributed by atoms with van der Waals surface area (Å²) in [5.41, 5.74) is 2.44. The predicted octanol–water partition coefficient (Wildman–Crippen LogP) is 2.95. The lowest BCUT2D eigenvalue weighted by Gasteiger charge is -2.13. The Morgan fingerprint density at radius 3 is 2.32 bits per heavy atom. The molecule has 1 fully saturated rings. The van der Waals surface area contributed by atoms with E-state index in [4.69, 9.17) is 17.3 Å². The first-order valence-electron chi connectivity index (χ1n) is 8.83. The first kappa shape index (κ1) is 16.2. The quantitative estimate of drug-likeness (QED) is 0.692. The maximum Gasteiger partial charge on any atom is 0.207 e. The molecule has 25 heavy (non-hydrogen) atoms. The molecule has 1 aliphatic rings. The van der Waals surface area contributed by atoms with Crippen LogP contribution in [-0.2, 0) is 13.2 Å². The Balaban J connectivity index is 1.61. The molecule has 0 radical (unpaired) electrons. The van der Waals surface area contributed by atoms with Gasteiger partial charge in [-0.1, -0.05) is 48.5 Å². The van der Waals surface area contributed by atoms with Crippen molar-refractivity contribution in [3.05, 3.63) is 76.8 Å². The van der Waals surface area contributed by atoms with Gasteiger partial charge in [0.05, 0.1) is 7.05 Å². The fraction of sp³-hybridized carbons (Fsp3) is 0.300. The maximum absolute atomic E-state index is 5.77. The molecule has 1 N–H and O–H groups in total. The zero-order valence-corrected chi connectivity index (χ0v) is 15.2. The van der Waals surface area contributed by atoms with Crippen molar-refractivity contribution in [2.45, 2.75) is 32.0 Å². The molecule has 0 amide bonds. The zero-order valence-electron chi connectivity index (χ0n) is 14.4. The van der Waals surface area contributed by atoms with E-state index in [0.29, 0.717) is 5.92 Å². The highest BCUT2D eigenvalue weighted by Gasteiger charge is 2.31. The van der Waals surface area contributed by atoms with E-state index < -0.39 is 0 Å². The minimum atomic E-state index is 0.553. The van der Waals surface area contributed by atoms with E-state index in [1.807, 2.05) is 10.7 Å². The second-order valence-electron chi connectivity index (χ2n) is 6.86. The maximum atomic E-state index is 5.77. The minimum Gasteiger partial charge on any atom is -0.315 e. The average Bonchev–Trinajstić information content (AvgIpc) is 3.42. The van der Waals surface area contributed by atoms with E-state index in [0.717, 1.165) is 29.5 Å². The van der Waals surface area contributed by atoms with E-state index in [1.54, 1.807) is 0 Å². The molecule has 1 aromatic heterocycles. The van der Waals surface area contributed by atoms with Crippen molar-refractivity contribution in [1.29, 1.82) is 0 Å². The number of aromatic nitrogens is 3. The number of nitrogens with zero attached hydrogens (tertiary/aromatic N) is 3. The molecule has 5 heteroatoms. The summed E-state index contributed by atoms with van der Waals surface area (Å²) >= 11 is 5.77. The Hall–Kier alpha value is -2.24. The summed E-state index contributed by atoms with van der Waals surface area (Å²) in [6, 6.07) is 20.9. The second-order valence-corrected chi connectivity index (χ2v) is 7.23. The molecule has 0 aliphatic heterocycles. The van der Waals surface area contributed by atoms with Crippen LogP contribution in [0.15, 0.2) is 60.7 Å². The molecule has 2 aromatic carbocycles. The largest absolute Gasteiger partial charge is 0.315 e. The predicted molar refractivity (Wildman–Crippen MR) is 101 cm³/mol. The second kappa shape index (κ2) is 6.94. The summed E-state index contributed by atoms with van der Waals surface area (Å²) in [5, 5.41) is 4.88. The Morgan fingerprint density at radius 1 is 1.04 bits per heavy atom. The molecule has 0 spiro atoms. The van der Waals surface area contributed by atoms with Crippen LogP contribution in [-0.4, -0.2) is 21.4 Å². The Labute approximate surface area is 153 Å². The molecule has 1 saturated carbocycles. The van der Waals surface area contributed by atoms with Crippen LogP contribution in [0.5, 0.6) is 0 Å². The van der Waals surface area contributed by atoms with Crippen molar-refractivity contribution in [2.75, 3.05) is 7.05 Å². The van der Waals surface area contributed by atoms with E-state index in [-0.39, 0.29) is 0 Å². The number of benzene rings is 2. The van der Waals surface area contributed by atoms with Gasteiger partial charge in [-0.25, -0.2) is 0 Å². The highest BCUT2D eigenvalue weighted by atomic mass is 32.1. The van der Waals surface area contributed by atoms with Gasteiger partial charge in [-0.3, -0.25) is 4.57 Å². The standard InChI is InChI=1S/C20H22N4S/c1-22(14-16-8-4-2-5-9-16)15-23-20(25)24(18-10-6-3-7-11-18)19(21-23)17-12-13-17/h2-11,17H,12-15H2,1H3/p+1. The number of quaternary nitrogens is 1. The molecule has 1 aliphatic carbocycles. The van der Waals surface area contributed by atoms with Crippen molar-refractivity contribution < 1.29 is 4.90 Å². The van der Waals surface area contributed by atoms with Crippen molar-refractivity contribution in [2.24, 2.45) is 0 Å². The molecule has 1 atom stereocenters. The highest BCUT2D eigenvalue weighted by molar-refractivity contribution is 7.71. The van der Waals surface area contributed by atoms with Crippen LogP contribution in [0.2, 0.25) is 0 Å². The average molecular weight is 351 g/mol. The van der Waals surface area contributed by atoms with Crippen LogP contribution in [0.3, 0.4) is 0 Å². The molecular formula is C20H23N4S+. The third kappa shape index (κ3) is 3.57. The lowest BCUT2D eigenvalue weighted by molar-refractivity contribution is -0.917. The normalized spacial score (nSPS) is 15.2. The van der Waals surface area contributed by atoms with Crippen molar-refractivity contribution in [1.82, 2.24) is 14.3 Å². The van der Waals surface area contributed by atoms with E-state index in [1.165, 1.54) is 23.3 Å². The third-order valence-corrected chi connectivity index (χ3v) is 4.98. The van der Waals surface area contributed by atoms with Crippen LogP contribution < -0.4 is 4.90 Å². The van der Waals surface area contributed by atoms with Gasteiger partial charge in [-0.05, 0) is 37.2 Å². The highest BCUT2D eigenvalue weighted by Crippen LogP contribution is 2.40.